The van der Waals surface area contributed by atoms with Crippen LogP contribution in [0.15, 0.2) is 29.6 Å². The molecule has 6 nitrogen and oxygen atoms in total. The SMILES string of the molecule is CCn1c(-c2cccs2)nn(CN2CCc3cc(OC)c(OC)cc3C2)c1=S. The quantitative estimate of drug-likeness (QED) is 0.564. The summed E-state index contributed by atoms with van der Waals surface area (Å²) < 4.78 is 15.7. The molecule has 0 aliphatic carbocycles. The summed E-state index contributed by atoms with van der Waals surface area (Å²) in [7, 11) is 3.35. The Labute approximate surface area is 173 Å². The van der Waals surface area contributed by atoms with E-state index < -0.39 is 0 Å². The van der Waals surface area contributed by atoms with Gasteiger partial charge in [0.2, 0.25) is 0 Å². The number of nitrogens with zero attached hydrogens (tertiary/aromatic N) is 4. The molecule has 1 aromatic carbocycles. The van der Waals surface area contributed by atoms with Gasteiger partial charge in [-0.05, 0) is 60.3 Å². The van der Waals surface area contributed by atoms with E-state index in [1.165, 1.54) is 11.1 Å². The third-order valence-corrected chi connectivity index (χ3v) is 6.41. The zero-order valence-corrected chi connectivity index (χ0v) is 18.0. The Morgan fingerprint density at radius 1 is 1.18 bits per heavy atom. The fraction of sp³-hybridized carbons (Fsp3) is 0.400. The Hall–Kier alpha value is -2.16. The maximum Gasteiger partial charge on any atom is 0.199 e. The average molecular weight is 417 g/mol. The third kappa shape index (κ3) is 3.47. The standard InChI is InChI=1S/C20H24N4O2S2/c1-4-23-19(18-6-5-9-28-18)21-24(20(23)27)13-22-8-7-14-10-16(25-2)17(26-3)11-15(14)12-22/h5-6,9-11H,4,7-8,12-13H2,1-3H3. The van der Waals surface area contributed by atoms with E-state index in [1.54, 1.807) is 25.6 Å². The Morgan fingerprint density at radius 3 is 2.57 bits per heavy atom. The van der Waals surface area contributed by atoms with Crippen molar-refractivity contribution < 1.29 is 9.47 Å². The molecule has 28 heavy (non-hydrogen) atoms. The minimum Gasteiger partial charge on any atom is -0.493 e. The first-order valence-electron chi connectivity index (χ1n) is 9.32. The predicted octanol–water partition coefficient (Wildman–Crippen LogP) is 4.20. The second kappa shape index (κ2) is 8.06. The van der Waals surface area contributed by atoms with Crippen molar-refractivity contribution in [1.82, 2.24) is 19.2 Å². The molecule has 0 saturated carbocycles. The molecule has 0 atom stereocenters. The number of aromatic nitrogens is 3. The molecule has 2 aromatic heterocycles. The maximum atomic E-state index is 5.71. The van der Waals surface area contributed by atoms with Gasteiger partial charge < -0.3 is 9.47 Å². The smallest absolute Gasteiger partial charge is 0.199 e. The minimum atomic E-state index is 0.679. The van der Waals surface area contributed by atoms with Gasteiger partial charge in [0.05, 0.1) is 25.8 Å². The summed E-state index contributed by atoms with van der Waals surface area (Å²) in [6.45, 7) is 5.39. The Bertz CT molecular complexity index is 1020. The van der Waals surface area contributed by atoms with Gasteiger partial charge in [0.1, 0.15) is 0 Å². The molecule has 0 amide bonds. The highest BCUT2D eigenvalue weighted by atomic mass is 32.1. The van der Waals surface area contributed by atoms with Crippen LogP contribution in [0.5, 0.6) is 11.5 Å². The second-order valence-electron chi connectivity index (χ2n) is 6.75. The molecule has 0 saturated heterocycles. The van der Waals surface area contributed by atoms with Crippen molar-refractivity contribution in [2.45, 2.75) is 33.1 Å². The Kier molecular flexibility index (Phi) is 5.52. The first kappa shape index (κ1) is 19.2. The number of hydrogen-bond donors (Lipinski definition) is 0. The van der Waals surface area contributed by atoms with Crippen LogP contribution in [0.1, 0.15) is 18.1 Å². The lowest BCUT2D eigenvalue weighted by Crippen LogP contribution is -2.32. The number of fused-ring (bicyclic) bond motifs is 1. The van der Waals surface area contributed by atoms with E-state index in [0.717, 1.165) is 53.0 Å². The van der Waals surface area contributed by atoms with Gasteiger partial charge in [-0.15, -0.1) is 16.4 Å². The molecular formula is C20H24N4O2S2. The van der Waals surface area contributed by atoms with Gasteiger partial charge in [-0.25, -0.2) is 4.68 Å². The number of thiophene rings is 1. The van der Waals surface area contributed by atoms with Crippen molar-refractivity contribution in [3.63, 3.8) is 0 Å². The molecule has 1 aliphatic heterocycles. The molecule has 0 N–H and O–H groups in total. The zero-order chi connectivity index (χ0) is 19.7. The molecule has 3 heterocycles. The van der Waals surface area contributed by atoms with E-state index in [2.05, 4.69) is 40.0 Å². The van der Waals surface area contributed by atoms with E-state index in [0.29, 0.717) is 6.67 Å². The van der Waals surface area contributed by atoms with Crippen LogP contribution in [0.3, 0.4) is 0 Å². The van der Waals surface area contributed by atoms with Crippen molar-refractivity contribution >= 4 is 23.6 Å². The number of methoxy groups -OCH3 is 2. The largest absolute Gasteiger partial charge is 0.493 e. The van der Waals surface area contributed by atoms with Crippen molar-refractivity contribution in [3.8, 4) is 22.2 Å². The van der Waals surface area contributed by atoms with Gasteiger partial charge in [-0.1, -0.05) is 6.07 Å². The molecule has 0 unspecified atom stereocenters. The fourth-order valence-electron chi connectivity index (χ4n) is 3.66. The number of ether oxygens (including phenoxy) is 2. The Morgan fingerprint density at radius 2 is 1.93 bits per heavy atom. The summed E-state index contributed by atoms with van der Waals surface area (Å²) in [4.78, 5) is 3.52. The predicted molar refractivity (Wildman–Crippen MR) is 114 cm³/mol. The van der Waals surface area contributed by atoms with Crippen molar-refractivity contribution in [2.75, 3.05) is 20.8 Å². The Balaban J connectivity index is 1.59. The molecule has 0 spiro atoms. The lowest BCUT2D eigenvalue weighted by molar-refractivity contribution is 0.187. The van der Waals surface area contributed by atoms with Crippen LogP contribution in [0.2, 0.25) is 0 Å². The first-order chi connectivity index (χ1) is 13.6. The molecular weight excluding hydrogens is 392 g/mol. The molecule has 3 aromatic rings. The maximum absolute atomic E-state index is 5.71. The van der Waals surface area contributed by atoms with Crippen LogP contribution in [0, 0.1) is 4.77 Å². The molecule has 0 radical (unpaired) electrons. The summed E-state index contributed by atoms with van der Waals surface area (Å²) in [6, 6.07) is 8.32. The van der Waals surface area contributed by atoms with Crippen molar-refractivity contribution in [3.05, 3.63) is 45.5 Å². The van der Waals surface area contributed by atoms with Gasteiger partial charge in [0.25, 0.3) is 0 Å². The molecule has 148 valence electrons. The molecule has 1 aliphatic rings. The average Bonchev–Trinajstić information content (AvgIpc) is 3.35. The first-order valence-corrected chi connectivity index (χ1v) is 10.6. The van der Waals surface area contributed by atoms with Gasteiger partial charge in [0, 0.05) is 19.6 Å². The monoisotopic (exact) mass is 416 g/mol. The summed E-state index contributed by atoms with van der Waals surface area (Å²) in [5.41, 5.74) is 2.58. The van der Waals surface area contributed by atoms with E-state index in [1.807, 2.05) is 10.7 Å². The van der Waals surface area contributed by atoms with Gasteiger partial charge >= 0.3 is 0 Å². The molecule has 4 rings (SSSR count). The van der Waals surface area contributed by atoms with Crippen LogP contribution in [0.25, 0.3) is 10.7 Å². The lowest BCUT2D eigenvalue weighted by atomic mass is 9.99. The van der Waals surface area contributed by atoms with E-state index >= 15 is 0 Å². The van der Waals surface area contributed by atoms with Crippen LogP contribution in [-0.4, -0.2) is 40.0 Å². The third-order valence-electron chi connectivity index (χ3n) is 5.11. The second-order valence-corrected chi connectivity index (χ2v) is 8.06. The summed E-state index contributed by atoms with van der Waals surface area (Å²) in [5, 5.41) is 6.90. The number of benzene rings is 1. The fourth-order valence-corrected chi connectivity index (χ4v) is 4.69. The van der Waals surface area contributed by atoms with Gasteiger partial charge in [-0.3, -0.25) is 9.47 Å². The van der Waals surface area contributed by atoms with E-state index in [-0.39, 0.29) is 0 Å². The zero-order valence-electron chi connectivity index (χ0n) is 16.3. The van der Waals surface area contributed by atoms with Crippen LogP contribution < -0.4 is 9.47 Å². The molecule has 8 heteroatoms. The number of rotatable bonds is 6. The minimum absolute atomic E-state index is 0.679. The lowest BCUT2D eigenvalue weighted by Gasteiger charge is -2.29. The van der Waals surface area contributed by atoms with Crippen LogP contribution in [-0.2, 0) is 26.2 Å². The van der Waals surface area contributed by atoms with Gasteiger partial charge in [0.15, 0.2) is 22.1 Å². The van der Waals surface area contributed by atoms with E-state index in [9.17, 15) is 0 Å². The number of hydrogen-bond acceptors (Lipinski definition) is 6. The van der Waals surface area contributed by atoms with E-state index in [4.69, 9.17) is 26.8 Å². The van der Waals surface area contributed by atoms with Crippen LogP contribution >= 0.6 is 23.6 Å². The summed E-state index contributed by atoms with van der Waals surface area (Å²) in [5.74, 6) is 2.51. The van der Waals surface area contributed by atoms with Crippen molar-refractivity contribution in [1.29, 1.82) is 0 Å². The van der Waals surface area contributed by atoms with Gasteiger partial charge in [-0.2, -0.15) is 0 Å². The van der Waals surface area contributed by atoms with Crippen LogP contribution in [0.4, 0.5) is 0 Å². The normalized spacial score (nSPS) is 14.1. The topological polar surface area (TPSA) is 44.5 Å². The summed E-state index contributed by atoms with van der Waals surface area (Å²) in [6.07, 6.45) is 0.968. The highest BCUT2D eigenvalue weighted by Gasteiger charge is 2.21. The molecule has 0 bridgehead atoms. The summed E-state index contributed by atoms with van der Waals surface area (Å²) >= 11 is 7.40. The van der Waals surface area contributed by atoms with Crippen molar-refractivity contribution in [2.24, 2.45) is 0 Å². The molecule has 0 fully saturated rings. The highest BCUT2D eigenvalue weighted by molar-refractivity contribution is 7.71. The highest BCUT2D eigenvalue weighted by Crippen LogP contribution is 2.33.